The summed E-state index contributed by atoms with van der Waals surface area (Å²) in [5, 5.41) is 24.5. The molecule has 0 atom stereocenters. The molecule has 0 aliphatic carbocycles. The Balaban J connectivity index is 2.12. The number of amides is 1. The van der Waals surface area contributed by atoms with E-state index in [1.54, 1.807) is 30.3 Å². The maximum atomic E-state index is 12.1. The van der Waals surface area contributed by atoms with E-state index < -0.39 is 5.91 Å². The quantitative estimate of drug-likeness (QED) is 0.412. The molecule has 0 spiro atoms. The van der Waals surface area contributed by atoms with Gasteiger partial charge in [0.2, 0.25) is 0 Å². The van der Waals surface area contributed by atoms with E-state index in [2.05, 4.69) is 26.6 Å². The second kappa shape index (κ2) is 7.68. The van der Waals surface area contributed by atoms with Crippen LogP contribution in [0, 0.1) is 11.3 Å². The van der Waals surface area contributed by atoms with E-state index in [1.165, 1.54) is 24.4 Å². The minimum Gasteiger partial charge on any atom is -0.506 e. The van der Waals surface area contributed by atoms with Gasteiger partial charge in [0.15, 0.2) is 0 Å². The predicted molar refractivity (Wildman–Crippen MR) is 93.2 cm³/mol. The zero-order chi connectivity index (χ0) is 16.8. The lowest BCUT2D eigenvalue weighted by atomic mass is 10.2. The molecule has 116 valence electrons. The van der Waals surface area contributed by atoms with Crippen molar-refractivity contribution < 1.29 is 9.90 Å². The SMILES string of the molecule is N#C/C(=C/Nc1cc(Cl)ccc1O)C(=O)Nc1ccc(Br)cc1. The molecule has 2 aromatic carbocycles. The number of anilines is 2. The van der Waals surface area contributed by atoms with Gasteiger partial charge in [-0.2, -0.15) is 5.26 Å². The molecular formula is C16H11BrClN3O2. The van der Waals surface area contributed by atoms with E-state index in [1.807, 2.05) is 0 Å². The minimum absolute atomic E-state index is 0.0451. The average Bonchev–Trinajstić information content (AvgIpc) is 2.53. The molecule has 0 bridgehead atoms. The van der Waals surface area contributed by atoms with Crippen LogP contribution < -0.4 is 10.6 Å². The fourth-order valence-electron chi connectivity index (χ4n) is 1.65. The first kappa shape index (κ1) is 16.9. The lowest BCUT2D eigenvalue weighted by molar-refractivity contribution is -0.112. The van der Waals surface area contributed by atoms with Gasteiger partial charge in [-0.15, -0.1) is 0 Å². The van der Waals surface area contributed by atoms with Crippen LogP contribution in [0.4, 0.5) is 11.4 Å². The summed E-state index contributed by atoms with van der Waals surface area (Å²) in [6, 6.07) is 13.2. The monoisotopic (exact) mass is 391 g/mol. The predicted octanol–water partition coefficient (Wildman–Crippen LogP) is 4.27. The van der Waals surface area contributed by atoms with Crippen molar-refractivity contribution in [3.05, 3.63) is 63.7 Å². The zero-order valence-corrected chi connectivity index (χ0v) is 14.0. The van der Waals surface area contributed by atoms with E-state index in [9.17, 15) is 9.90 Å². The molecule has 0 fully saturated rings. The second-order valence-electron chi connectivity index (χ2n) is 4.44. The summed E-state index contributed by atoms with van der Waals surface area (Å²) in [6.45, 7) is 0. The average molecular weight is 393 g/mol. The van der Waals surface area contributed by atoms with Gasteiger partial charge in [0.1, 0.15) is 17.4 Å². The molecule has 0 saturated carbocycles. The first-order valence-corrected chi connectivity index (χ1v) is 7.59. The zero-order valence-electron chi connectivity index (χ0n) is 11.7. The summed E-state index contributed by atoms with van der Waals surface area (Å²) in [7, 11) is 0. The molecule has 7 heteroatoms. The Morgan fingerprint density at radius 1 is 1.26 bits per heavy atom. The van der Waals surface area contributed by atoms with Crippen LogP contribution in [0.3, 0.4) is 0 Å². The van der Waals surface area contributed by atoms with Crippen LogP contribution in [0.2, 0.25) is 5.02 Å². The Morgan fingerprint density at radius 2 is 1.96 bits per heavy atom. The normalized spacial score (nSPS) is 10.7. The molecule has 0 heterocycles. The number of benzene rings is 2. The summed E-state index contributed by atoms with van der Waals surface area (Å²) >= 11 is 9.13. The molecule has 3 N–H and O–H groups in total. The van der Waals surface area contributed by atoms with Crippen LogP contribution in [0.1, 0.15) is 0 Å². The number of hydrogen-bond donors (Lipinski definition) is 3. The lowest BCUT2D eigenvalue weighted by Gasteiger charge is -2.07. The van der Waals surface area contributed by atoms with Crippen molar-refractivity contribution in [1.29, 1.82) is 5.26 Å². The van der Waals surface area contributed by atoms with Crippen molar-refractivity contribution in [3.8, 4) is 11.8 Å². The number of nitrogens with zero attached hydrogens (tertiary/aromatic N) is 1. The number of aromatic hydroxyl groups is 1. The Morgan fingerprint density at radius 3 is 2.61 bits per heavy atom. The van der Waals surface area contributed by atoms with E-state index in [0.29, 0.717) is 16.4 Å². The number of nitriles is 1. The fraction of sp³-hybridized carbons (Fsp3) is 0. The van der Waals surface area contributed by atoms with Gasteiger partial charge in [-0.25, -0.2) is 0 Å². The van der Waals surface area contributed by atoms with Crippen LogP contribution in [-0.2, 0) is 4.79 Å². The Bertz CT molecular complexity index is 798. The minimum atomic E-state index is -0.566. The molecule has 0 radical (unpaired) electrons. The smallest absolute Gasteiger partial charge is 0.267 e. The summed E-state index contributed by atoms with van der Waals surface area (Å²) in [4.78, 5) is 12.1. The van der Waals surface area contributed by atoms with E-state index >= 15 is 0 Å². The van der Waals surface area contributed by atoms with Crippen LogP contribution in [0.5, 0.6) is 5.75 Å². The number of rotatable bonds is 4. The molecule has 0 aliphatic heterocycles. The number of carbonyl (C=O) groups excluding carboxylic acids is 1. The molecular weight excluding hydrogens is 382 g/mol. The van der Waals surface area contributed by atoms with Gasteiger partial charge >= 0.3 is 0 Å². The molecule has 0 saturated heterocycles. The Kier molecular flexibility index (Phi) is 5.63. The van der Waals surface area contributed by atoms with Crippen molar-refractivity contribution in [2.45, 2.75) is 0 Å². The van der Waals surface area contributed by atoms with Crippen LogP contribution >= 0.6 is 27.5 Å². The molecule has 0 aliphatic rings. The summed E-state index contributed by atoms with van der Waals surface area (Å²) < 4.78 is 0.879. The molecule has 1 amide bonds. The number of nitrogens with one attached hydrogen (secondary N) is 2. The molecule has 23 heavy (non-hydrogen) atoms. The maximum Gasteiger partial charge on any atom is 0.267 e. The van der Waals surface area contributed by atoms with Gasteiger partial charge in [-0.05, 0) is 42.5 Å². The van der Waals surface area contributed by atoms with Crippen molar-refractivity contribution in [2.75, 3.05) is 10.6 Å². The molecule has 5 nitrogen and oxygen atoms in total. The van der Waals surface area contributed by atoms with Gasteiger partial charge in [-0.1, -0.05) is 27.5 Å². The highest BCUT2D eigenvalue weighted by molar-refractivity contribution is 9.10. The number of halogens is 2. The van der Waals surface area contributed by atoms with E-state index in [0.717, 1.165) is 4.47 Å². The summed E-state index contributed by atoms with van der Waals surface area (Å²) in [5.41, 5.74) is 0.707. The second-order valence-corrected chi connectivity index (χ2v) is 5.79. The largest absolute Gasteiger partial charge is 0.506 e. The van der Waals surface area contributed by atoms with Crippen LogP contribution in [-0.4, -0.2) is 11.0 Å². The van der Waals surface area contributed by atoms with Crippen molar-refractivity contribution in [3.63, 3.8) is 0 Å². The van der Waals surface area contributed by atoms with E-state index in [-0.39, 0.29) is 11.3 Å². The number of carbonyl (C=O) groups is 1. The highest BCUT2D eigenvalue weighted by atomic mass is 79.9. The van der Waals surface area contributed by atoms with Crippen molar-refractivity contribution >= 4 is 44.8 Å². The molecule has 0 unspecified atom stereocenters. The third kappa shape index (κ3) is 4.74. The third-order valence-electron chi connectivity index (χ3n) is 2.80. The highest BCUT2D eigenvalue weighted by Gasteiger charge is 2.10. The first-order valence-electron chi connectivity index (χ1n) is 6.42. The Hall–Kier alpha value is -2.49. The third-order valence-corrected chi connectivity index (χ3v) is 3.56. The van der Waals surface area contributed by atoms with Crippen molar-refractivity contribution in [2.24, 2.45) is 0 Å². The van der Waals surface area contributed by atoms with E-state index in [4.69, 9.17) is 16.9 Å². The first-order chi connectivity index (χ1) is 11.0. The number of phenolic OH excluding ortho intramolecular Hbond substituents is 1. The Labute approximate surface area is 146 Å². The number of phenols is 1. The van der Waals surface area contributed by atoms with Gasteiger partial charge < -0.3 is 15.7 Å². The lowest BCUT2D eigenvalue weighted by Crippen LogP contribution is -2.14. The van der Waals surface area contributed by atoms with Crippen LogP contribution in [0.15, 0.2) is 58.7 Å². The summed E-state index contributed by atoms with van der Waals surface area (Å²) in [6.07, 6.45) is 1.21. The van der Waals surface area contributed by atoms with Crippen molar-refractivity contribution in [1.82, 2.24) is 0 Å². The van der Waals surface area contributed by atoms with Gasteiger partial charge in [0, 0.05) is 21.4 Å². The molecule has 0 aromatic heterocycles. The number of hydrogen-bond acceptors (Lipinski definition) is 4. The highest BCUT2D eigenvalue weighted by Crippen LogP contribution is 2.26. The summed E-state index contributed by atoms with van der Waals surface area (Å²) in [5.74, 6) is -0.611. The van der Waals surface area contributed by atoms with Gasteiger partial charge in [0.05, 0.1) is 5.69 Å². The maximum absolute atomic E-state index is 12.1. The van der Waals surface area contributed by atoms with Gasteiger partial charge in [0.25, 0.3) is 5.91 Å². The fourth-order valence-corrected chi connectivity index (χ4v) is 2.09. The standard InChI is InChI=1S/C16H11BrClN3O2/c17-11-1-4-13(5-2-11)21-16(23)10(8-19)9-20-14-7-12(18)3-6-15(14)22/h1-7,9,20,22H,(H,21,23)/b10-9-. The molecule has 2 aromatic rings. The molecule has 2 rings (SSSR count). The van der Waals surface area contributed by atoms with Gasteiger partial charge in [-0.3, -0.25) is 4.79 Å². The topological polar surface area (TPSA) is 85.2 Å². The van der Waals surface area contributed by atoms with Crippen LogP contribution in [0.25, 0.3) is 0 Å².